The summed E-state index contributed by atoms with van der Waals surface area (Å²) in [5.74, 6) is 0. The zero-order chi connectivity index (χ0) is 23.3. The molecule has 0 saturated heterocycles. The molecule has 0 amide bonds. The average Bonchev–Trinajstić information content (AvgIpc) is 2.83. The predicted octanol–water partition coefficient (Wildman–Crippen LogP) is 3.68. The van der Waals surface area contributed by atoms with E-state index in [0.717, 1.165) is 37.3 Å². The minimum absolute atomic E-state index is 0. The molecule has 1 aromatic heterocycles. The van der Waals surface area contributed by atoms with Gasteiger partial charge in [-0.05, 0) is 39.8 Å². The molecule has 0 aliphatic heterocycles. The van der Waals surface area contributed by atoms with Crippen LogP contribution in [0.25, 0.3) is 0 Å². The fraction of sp³-hybridized carbons (Fsp3) is 0.348. The smallest absolute Gasteiger partial charge is 0.741 e. The summed E-state index contributed by atoms with van der Waals surface area (Å²) < 4.78 is 0. The van der Waals surface area contributed by atoms with Crippen LogP contribution in [0.15, 0.2) is 75.3 Å². The molecular weight excluding hydrogens is 502 g/mol. The molecule has 10 heteroatoms. The molecule has 1 radical (unpaired) electrons. The molecule has 179 valence electrons. The van der Waals surface area contributed by atoms with Gasteiger partial charge < -0.3 is 35.1 Å². The van der Waals surface area contributed by atoms with Gasteiger partial charge in [0, 0.05) is 60.0 Å². The summed E-state index contributed by atoms with van der Waals surface area (Å²) in [7, 11) is 0. The van der Waals surface area contributed by atoms with Crippen LogP contribution in [0, 0.1) is 0 Å². The second kappa shape index (κ2) is 15.4. The first kappa shape index (κ1) is 28.6. The number of rotatable bonds is 9. The van der Waals surface area contributed by atoms with Crippen molar-refractivity contribution in [3.05, 3.63) is 66.0 Å². The van der Waals surface area contributed by atoms with Gasteiger partial charge in [0.1, 0.15) is 11.4 Å². The Morgan fingerprint density at radius 1 is 0.697 bits per heavy atom. The Kier molecular flexibility index (Phi) is 13.4. The van der Waals surface area contributed by atoms with Crippen molar-refractivity contribution in [2.75, 3.05) is 26.2 Å². The Morgan fingerprint density at radius 2 is 1.15 bits per heavy atom. The van der Waals surface area contributed by atoms with Gasteiger partial charge in [-0.15, -0.1) is 10.2 Å². The summed E-state index contributed by atoms with van der Waals surface area (Å²) in [6, 6.07) is 13.5. The summed E-state index contributed by atoms with van der Waals surface area (Å²) in [4.78, 5) is 8.16. The van der Waals surface area contributed by atoms with E-state index >= 15 is 0 Å². The van der Waals surface area contributed by atoms with Gasteiger partial charge in [-0.3, -0.25) is 4.98 Å². The number of amidine groups is 2. The van der Waals surface area contributed by atoms with Crippen LogP contribution in [0.2, 0.25) is 0 Å². The molecule has 0 saturated carbocycles. The molecule has 0 atom stereocenters. The van der Waals surface area contributed by atoms with Crippen LogP contribution >= 0.6 is 0 Å². The van der Waals surface area contributed by atoms with Crippen molar-refractivity contribution in [1.29, 1.82) is 0 Å². The van der Waals surface area contributed by atoms with E-state index in [-0.39, 0.29) is 17.1 Å². The van der Waals surface area contributed by atoms with E-state index < -0.39 is 0 Å². The standard InChI is InChI=1S/C23H31N7S2.Cu/c1-5-29(6-2)22(31)27-25-20(18-13-10-9-11-14-18)21(19-15-12-16-24-17-19)26-28-23(32)30(7-3)8-4;/h9-17H,5-8H2,1-4H3,(H,27,31)(H,28,32);/q;+2/p-2. The summed E-state index contributed by atoms with van der Waals surface area (Å²) in [5, 5.41) is 18.6. The van der Waals surface area contributed by atoms with E-state index in [1.165, 1.54) is 0 Å². The van der Waals surface area contributed by atoms with Gasteiger partial charge in [0.15, 0.2) is 0 Å². The average molecular weight is 531 g/mol. The molecule has 2 rings (SSSR count). The van der Waals surface area contributed by atoms with Gasteiger partial charge >= 0.3 is 17.1 Å². The minimum atomic E-state index is 0. The van der Waals surface area contributed by atoms with Crippen molar-refractivity contribution in [1.82, 2.24) is 14.8 Å². The van der Waals surface area contributed by atoms with Crippen molar-refractivity contribution in [3.63, 3.8) is 0 Å². The van der Waals surface area contributed by atoms with Gasteiger partial charge in [-0.25, -0.2) is 0 Å². The van der Waals surface area contributed by atoms with Crippen molar-refractivity contribution in [2.24, 2.45) is 20.4 Å². The normalized spacial score (nSPS) is 12.8. The molecule has 0 spiro atoms. The summed E-state index contributed by atoms with van der Waals surface area (Å²) in [6.07, 6.45) is 3.42. The van der Waals surface area contributed by atoms with Crippen molar-refractivity contribution >= 4 is 47.0 Å². The molecule has 1 heterocycles. The number of nitrogens with zero attached hydrogens (tertiary/aromatic N) is 7. The third kappa shape index (κ3) is 8.47. The molecule has 7 nitrogen and oxygen atoms in total. The summed E-state index contributed by atoms with van der Waals surface area (Å²) in [5.41, 5.74) is 2.65. The van der Waals surface area contributed by atoms with Gasteiger partial charge in [0.25, 0.3) is 0 Å². The van der Waals surface area contributed by atoms with Crippen LogP contribution in [-0.2, 0) is 42.3 Å². The molecule has 0 aliphatic carbocycles. The molecule has 2 aromatic rings. The Labute approximate surface area is 218 Å². The zero-order valence-electron chi connectivity index (χ0n) is 19.3. The van der Waals surface area contributed by atoms with E-state index in [1.54, 1.807) is 12.4 Å². The third-order valence-electron chi connectivity index (χ3n) is 4.75. The van der Waals surface area contributed by atoms with Crippen LogP contribution in [0.4, 0.5) is 0 Å². The van der Waals surface area contributed by atoms with Gasteiger partial charge in [-0.2, -0.15) is 10.2 Å². The third-order valence-corrected chi connectivity index (χ3v) is 5.43. The summed E-state index contributed by atoms with van der Waals surface area (Å²) >= 11 is 10.9. The van der Waals surface area contributed by atoms with Gasteiger partial charge in [0.2, 0.25) is 0 Å². The number of benzene rings is 1. The number of hydrogen-bond acceptors (Lipinski definition) is 7. The zero-order valence-corrected chi connectivity index (χ0v) is 21.8. The van der Waals surface area contributed by atoms with Crippen LogP contribution in [0.1, 0.15) is 38.8 Å². The second-order valence-corrected chi connectivity index (χ2v) is 7.34. The fourth-order valence-electron chi connectivity index (χ4n) is 2.88. The molecule has 33 heavy (non-hydrogen) atoms. The topological polar surface area (TPSA) is 68.8 Å². The largest absolute Gasteiger partial charge is 2.00 e. The fourth-order valence-corrected chi connectivity index (χ4v) is 3.48. The van der Waals surface area contributed by atoms with Crippen molar-refractivity contribution in [2.45, 2.75) is 27.7 Å². The Balaban J connectivity index is 0.00000544. The summed E-state index contributed by atoms with van der Waals surface area (Å²) in [6.45, 7) is 11.1. The van der Waals surface area contributed by atoms with E-state index in [4.69, 9.17) is 25.3 Å². The van der Waals surface area contributed by atoms with E-state index in [2.05, 4.69) is 25.4 Å². The van der Waals surface area contributed by atoms with Crippen molar-refractivity contribution < 1.29 is 17.1 Å². The molecule has 0 fully saturated rings. The van der Waals surface area contributed by atoms with Crippen LogP contribution < -0.4 is 0 Å². The van der Waals surface area contributed by atoms with E-state index in [9.17, 15) is 0 Å². The number of hydrogen-bond donors (Lipinski definition) is 0. The van der Waals surface area contributed by atoms with E-state index in [1.807, 2.05) is 80.0 Å². The maximum absolute atomic E-state index is 5.47. The van der Waals surface area contributed by atoms with Crippen molar-refractivity contribution in [3.8, 4) is 0 Å². The van der Waals surface area contributed by atoms with Crippen LogP contribution in [0.3, 0.4) is 0 Å². The predicted molar refractivity (Wildman–Crippen MR) is 139 cm³/mol. The quantitative estimate of drug-likeness (QED) is 0.163. The van der Waals surface area contributed by atoms with Gasteiger partial charge in [0.05, 0.1) is 0 Å². The number of pyridine rings is 1. The van der Waals surface area contributed by atoms with Crippen LogP contribution in [0.5, 0.6) is 0 Å². The first-order valence-electron chi connectivity index (χ1n) is 10.7. The molecule has 0 aliphatic rings. The number of aromatic nitrogens is 1. The monoisotopic (exact) mass is 530 g/mol. The van der Waals surface area contributed by atoms with Gasteiger partial charge in [-0.1, -0.05) is 30.3 Å². The molecule has 0 bridgehead atoms. The Hall–Kier alpha value is -2.39. The van der Waals surface area contributed by atoms with Crippen LogP contribution in [-0.4, -0.2) is 62.7 Å². The molecular formula is C23H29CuN7S2. The second-order valence-electron chi connectivity index (χ2n) is 6.61. The SMILES string of the molecule is CCN(CC)C([S-])=NN=C(C(=NN=C([S-])N(CC)CC)c1cccnc1)c1ccccc1.[Cu+2]. The minimum Gasteiger partial charge on any atom is -0.741 e. The van der Waals surface area contributed by atoms with E-state index in [0.29, 0.717) is 21.8 Å². The molecule has 1 aromatic carbocycles. The Bertz CT molecular complexity index is 876. The maximum atomic E-state index is 5.47. The maximum Gasteiger partial charge on any atom is 2.00 e. The molecule has 0 N–H and O–H groups in total. The Morgan fingerprint density at radius 3 is 1.58 bits per heavy atom. The first-order chi connectivity index (χ1) is 15.5. The first-order valence-corrected chi connectivity index (χ1v) is 11.5. The molecule has 0 unspecified atom stereocenters.